The molecule has 0 aromatic carbocycles. The second-order valence-corrected chi connectivity index (χ2v) is 5.95. The molecule has 1 N–H and O–H groups in total. The normalized spacial score (nSPS) is 18.5. The number of imidazole rings is 1. The molecule has 1 fully saturated rings. The van der Waals surface area contributed by atoms with E-state index in [0.717, 1.165) is 32.0 Å². The molecule has 0 spiro atoms. The van der Waals surface area contributed by atoms with Gasteiger partial charge in [0.05, 0.1) is 12.6 Å². The zero-order valence-corrected chi connectivity index (χ0v) is 14.0. The lowest BCUT2D eigenvalue weighted by atomic mass is 10.2. The van der Waals surface area contributed by atoms with Crippen molar-refractivity contribution < 1.29 is 18.0 Å². The molecule has 1 aromatic rings. The number of piperazine rings is 1. The molecule has 0 radical (unpaired) electrons. The van der Waals surface area contributed by atoms with Gasteiger partial charge in [-0.15, -0.1) is 0 Å². The van der Waals surface area contributed by atoms with Gasteiger partial charge in [-0.3, -0.25) is 14.6 Å². The molecule has 2 rings (SSSR count). The minimum atomic E-state index is -4.38. The van der Waals surface area contributed by atoms with Crippen molar-refractivity contribution in [3.05, 3.63) is 18.2 Å². The van der Waals surface area contributed by atoms with Crippen LogP contribution in [0.15, 0.2) is 12.4 Å². The predicted molar refractivity (Wildman–Crippen MR) is 83.3 cm³/mol. The van der Waals surface area contributed by atoms with Crippen LogP contribution in [0.2, 0.25) is 0 Å². The van der Waals surface area contributed by atoms with E-state index in [4.69, 9.17) is 0 Å². The summed E-state index contributed by atoms with van der Waals surface area (Å²) in [6, 6.07) is -0.563. The maximum absolute atomic E-state index is 12.2. The smallest absolute Gasteiger partial charge is 0.346 e. The first-order chi connectivity index (χ1) is 11.3. The van der Waals surface area contributed by atoms with Crippen LogP contribution in [0.4, 0.5) is 13.2 Å². The topological polar surface area (TPSA) is 53.4 Å². The van der Waals surface area contributed by atoms with Crippen molar-refractivity contribution in [2.45, 2.75) is 39.2 Å². The molecule has 0 aliphatic carbocycles. The largest absolute Gasteiger partial charge is 0.405 e. The SMILES string of the molecule is CCn1ccnc1CN1CCN([C@@H](C)C(=O)NCC(F)(F)F)CC1. The van der Waals surface area contributed by atoms with Gasteiger partial charge in [-0.2, -0.15) is 13.2 Å². The second kappa shape index (κ2) is 7.98. The molecule has 0 unspecified atom stereocenters. The molecule has 1 saturated heterocycles. The van der Waals surface area contributed by atoms with Crippen LogP contribution in [0.25, 0.3) is 0 Å². The van der Waals surface area contributed by atoms with E-state index >= 15 is 0 Å². The minimum Gasteiger partial charge on any atom is -0.346 e. The fraction of sp³-hybridized carbons (Fsp3) is 0.733. The van der Waals surface area contributed by atoms with Crippen molar-refractivity contribution in [2.24, 2.45) is 0 Å². The van der Waals surface area contributed by atoms with Crippen molar-refractivity contribution in [1.82, 2.24) is 24.7 Å². The fourth-order valence-corrected chi connectivity index (χ4v) is 2.79. The Bertz CT molecular complexity index is 537. The number of nitrogens with one attached hydrogen (secondary N) is 1. The van der Waals surface area contributed by atoms with E-state index in [9.17, 15) is 18.0 Å². The summed E-state index contributed by atoms with van der Waals surface area (Å²) in [5.41, 5.74) is 0. The Kier molecular flexibility index (Phi) is 6.22. The highest BCUT2D eigenvalue weighted by atomic mass is 19.4. The maximum Gasteiger partial charge on any atom is 0.405 e. The number of carbonyl (C=O) groups excluding carboxylic acids is 1. The lowest BCUT2D eigenvalue weighted by molar-refractivity contribution is -0.141. The van der Waals surface area contributed by atoms with Crippen LogP contribution in [0.1, 0.15) is 19.7 Å². The van der Waals surface area contributed by atoms with E-state index < -0.39 is 24.7 Å². The molecule has 0 bridgehead atoms. The fourth-order valence-electron chi connectivity index (χ4n) is 2.79. The van der Waals surface area contributed by atoms with E-state index in [1.54, 1.807) is 13.1 Å². The average Bonchev–Trinajstić information content (AvgIpc) is 2.99. The third kappa shape index (κ3) is 5.20. The number of aromatic nitrogens is 2. The van der Waals surface area contributed by atoms with Gasteiger partial charge in [0.1, 0.15) is 12.4 Å². The molecule has 9 heteroatoms. The summed E-state index contributed by atoms with van der Waals surface area (Å²) < 4.78 is 38.6. The van der Waals surface area contributed by atoms with Crippen molar-refractivity contribution in [1.29, 1.82) is 0 Å². The van der Waals surface area contributed by atoms with Crippen LogP contribution >= 0.6 is 0 Å². The monoisotopic (exact) mass is 347 g/mol. The lowest BCUT2D eigenvalue weighted by Crippen LogP contribution is -2.54. The van der Waals surface area contributed by atoms with E-state index in [-0.39, 0.29) is 0 Å². The quantitative estimate of drug-likeness (QED) is 0.837. The number of rotatable bonds is 6. The number of nitrogens with zero attached hydrogens (tertiary/aromatic N) is 4. The highest BCUT2D eigenvalue weighted by molar-refractivity contribution is 5.81. The van der Waals surface area contributed by atoms with Gasteiger partial charge < -0.3 is 9.88 Å². The van der Waals surface area contributed by atoms with Gasteiger partial charge in [-0.1, -0.05) is 0 Å². The van der Waals surface area contributed by atoms with E-state index in [1.165, 1.54) is 0 Å². The maximum atomic E-state index is 12.2. The van der Waals surface area contributed by atoms with Gasteiger partial charge in [0.15, 0.2) is 0 Å². The zero-order chi connectivity index (χ0) is 17.7. The van der Waals surface area contributed by atoms with E-state index in [2.05, 4.69) is 21.4 Å². The first-order valence-electron chi connectivity index (χ1n) is 8.11. The van der Waals surface area contributed by atoms with Crippen molar-refractivity contribution in [2.75, 3.05) is 32.7 Å². The number of hydrogen-bond acceptors (Lipinski definition) is 4. The third-order valence-corrected chi connectivity index (χ3v) is 4.30. The summed E-state index contributed by atoms with van der Waals surface area (Å²) >= 11 is 0. The zero-order valence-electron chi connectivity index (χ0n) is 14.0. The van der Waals surface area contributed by atoms with Crippen LogP contribution < -0.4 is 5.32 Å². The Morgan fingerprint density at radius 2 is 2.00 bits per heavy atom. The van der Waals surface area contributed by atoms with Gasteiger partial charge in [0, 0.05) is 45.1 Å². The molecular formula is C15H24F3N5O. The highest BCUT2D eigenvalue weighted by Crippen LogP contribution is 2.13. The third-order valence-electron chi connectivity index (χ3n) is 4.30. The number of aryl methyl sites for hydroxylation is 1. The first-order valence-corrected chi connectivity index (χ1v) is 8.11. The van der Waals surface area contributed by atoms with Crippen molar-refractivity contribution in [3.8, 4) is 0 Å². The summed E-state index contributed by atoms with van der Waals surface area (Å²) in [4.78, 5) is 20.3. The molecule has 1 aliphatic rings. The number of halogens is 3. The Morgan fingerprint density at radius 1 is 1.33 bits per heavy atom. The summed E-state index contributed by atoms with van der Waals surface area (Å²) in [5, 5.41) is 1.95. The standard InChI is InChI=1S/C15H24F3N5O/c1-3-22-5-4-19-13(22)10-21-6-8-23(9-7-21)12(2)14(24)20-11-15(16,17)18/h4-5,12H,3,6-11H2,1-2H3,(H,20,24)/t12-/m0/s1. The Morgan fingerprint density at radius 3 is 2.58 bits per heavy atom. The summed E-state index contributed by atoms with van der Waals surface area (Å²) in [6.07, 6.45) is -0.657. The lowest BCUT2D eigenvalue weighted by Gasteiger charge is -2.37. The van der Waals surface area contributed by atoms with Gasteiger partial charge >= 0.3 is 6.18 Å². The van der Waals surface area contributed by atoms with Gasteiger partial charge in [-0.05, 0) is 13.8 Å². The number of hydrogen-bond donors (Lipinski definition) is 1. The predicted octanol–water partition coefficient (Wildman–Crippen LogP) is 1.09. The molecule has 6 nitrogen and oxygen atoms in total. The Hall–Kier alpha value is -1.61. The molecule has 1 aliphatic heterocycles. The first kappa shape index (κ1) is 18.7. The average molecular weight is 347 g/mol. The van der Waals surface area contributed by atoms with Gasteiger partial charge in [0.25, 0.3) is 0 Å². The van der Waals surface area contributed by atoms with Crippen LogP contribution in [0.5, 0.6) is 0 Å². The van der Waals surface area contributed by atoms with Crippen LogP contribution in [0, 0.1) is 0 Å². The molecular weight excluding hydrogens is 323 g/mol. The number of carbonyl (C=O) groups is 1. The summed E-state index contributed by atoms with van der Waals surface area (Å²) in [7, 11) is 0. The van der Waals surface area contributed by atoms with Gasteiger partial charge in [0.2, 0.25) is 5.91 Å². The number of amides is 1. The second-order valence-electron chi connectivity index (χ2n) is 5.95. The number of alkyl halides is 3. The molecule has 136 valence electrons. The molecule has 2 heterocycles. The van der Waals surface area contributed by atoms with Gasteiger partial charge in [-0.25, -0.2) is 4.98 Å². The van der Waals surface area contributed by atoms with Crippen LogP contribution in [-0.2, 0) is 17.9 Å². The van der Waals surface area contributed by atoms with Crippen LogP contribution in [0.3, 0.4) is 0 Å². The summed E-state index contributed by atoms with van der Waals surface area (Å²) in [6.45, 7) is 6.84. The van der Waals surface area contributed by atoms with Crippen molar-refractivity contribution >= 4 is 5.91 Å². The minimum absolute atomic E-state index is 0.563. The molecule has 1 atom stereocenters. The van der Waals surface area contributed by atoms with E-state index in [0.29, 0.717) is 13.1 Å². The molecule has 24 heavy (non-hydrogen) atoms. The van der Waals surface area contributed by atoms with Crippen molar-refractivity contribution in [3.63, 3.8) is 0 Å². The molecule has 1 amide bonds. The van der Waals surface area contributed by atoms with E-state index in [1.807, 2.05) is 16.4 Å². The highest BCUT2D eigenvalue weighted by Gasteiger charge is 2.31. The Labute approximate surface area is 139 Å². The molecule has 0 saturated carbocycles. The Balaban J connectivity index is 1.78. The summed E-state index contributed by atoms with van der Waals surface area (Å²) in [5.74, 6) is 0.421. The molecule has 1 aromatic heterocycles. The van der Waals surface area contributed by atoms with Crippen LogP contribution in [-0.4, -0.2) is 70.2 Å².